The third-order valence-corrected chi connectivity index (χ3v) is 3.88. The first-order valence-electron chi connectivity index (χ1n) is 7.00. The molecule has 1 atom stereocenters. The smallest absolute Gasteiger partial charge is 0.170 e. The third kappa shape index (κ3) is 5.86. The number of aryl methyl sites for hydroxylation is 1. The molecule has 0 saturated carbocycles. The second kappa shape index (κ2) is 8.15. The molecule has 0 aliphatic rings. The van der Waals surface area contributed by atoms with Crippen molar-refractivity contribution in [3.05, 3.63) is 64.6 Å². The van der Waals surface area contributed by atoms with E-state index < -0.39 is 0 Å². The standard InChI is InChI=1S/C17H19BrN2S/c1-13(10-11-14-6-3-2-4-7-14)19-17(21)20-16-9-5-8-15(18)12-16/h2-9,12-13H,10-11H2,1H3,(H2,19,20,21)/t13-/m1/s1. The van der Waals surface area contributed by atoms with Crippen LogP contribution in [-0.4, -0.2) is 11.2 Å². The summed E-state index contributed by atoms with van der Waals surface area (Å²) >= 11 is 8.80. The lowest BCUT2D eigenvalue weighted by atomic mass is 10.1. The van der Waals surface area contributed by atoms with Crippen molar-refractivity contribution in [2.45, 2.75) is 25.8 Å². The summed E-state index contributed by atoms with van der Waals surface area (Å²) in [5.41, 5.74) is 2.34. The first-order chi connectivity index (χ1) is 10.1. The van der Waals surface area contributed by atoms with Gasteiger partial charge in [0.2, 0.25) is 0 Å². The molecule has 4 heteroatoms. The molecule has 2 nitrogen and oxygen atoms in total. The average Bonchev–Trinajstić information content (AvgIpc) is 2.46. The van der Waals surface area contributed by atoms with Crippen LogP contribution in [0.4, 0.5) is 5.69 Å². The highest BCUT2D eigenvalue weighted by molar-refractivity contribution is 9.10. The van der Waals surface area contributed by atoms with Crippen LogP contribution in [0, 0.1) is 0 Å². The Kier molecular flexibility index (Phi) is 6.21. The monoisotopic (exact) mass is 362 g/mol. The Morgan fingerprint density at radius 2 is 1.90 bits per heavy atom. The van der Waals surface area contributed by atoms with E-state index in [-0.39, 0.29) is 0 Å². The summed E-state index contributed by atoms with van der Waals surface area (Å²) < 4.78 is 1.03. The van der Waals surface area contributed by atoms with Gasteiger partial charge in [0.1, 0.15) is 0 Å². The molecule has 2 rings (SSSR count). The van der Waals surface area contributed by atoms with Crippen molar-refractivity contribution < 1.29 is 0 Å². The predicted octanol–water partition coefficient (Wildman–Crippen LogP) is 4.76. The van der Waals surface area contributed by atoms with E-state index in [4.69, 9.17) is 12.2 Å². The Bertz CT molecular complexity index is 586. The van der Waals surface area contributed by atoms with E-state index in [2.05, 4.69) is 57.8 Å². The van der Waals surface area contributed by atoms with E-state index in [1.54, 1.807) is 0 Å². The number of anilines is 1. The molecule has 0 fully saturated rings. The fraction of sp³-hybridized carbons (Fsp3) is 0.235. The summed E-state index contributed by atoms with van der Waals surface area (Å²) in [7, 11) is 0. The maximum atomic E-state index is 5.35. The lowest BCUT2D eigenvalue weighted by molar-refractivity contribution is 0.609. The van der Waals surface area contributed by atoms with Crippen LogP contribution in [0.15, 0.2) is 59.1 Å². The van der Waals surface area contributed by atoms with Gasteiger partial charge in [-0.05, 0) is 55.7 Å². The van der Waals surface area contributed by atoms with Crippen molar-refractivity contribution in [3.8, 4) is 0 Å². The Balaban J connectivity index is 1.77. The first kappa shape index (κ1) is 16.0. The molecule has 2 N–H and O–H groups in total. The molecule has 2 aromatic carbocycles. The molecule has 0 aliphatic heterocycles. The van der Waals surface area contributed by atoms with E-state index in [1.165, 1.54) is 5.56 Å². The molecule has 0 bridgehead atoms. The molecule has 110 valence electrons. The molecule has 0 unspecified atom stereocenters. The van der Waals surface area contributed by atoms with Crippen LogP contribution in [0.3, 0.4) is 0 Å². The molecule has 0 amide bonds. The highest BCUT2D eigenvalue weighted by Gasteiger charge is 2.05. The van der Waals surface area contributed by atoms with Gasteiger partial charge in [-0.25, -0.2) is 0 Å². The molecule has 0 aromatic heterocycles. The molecule has 0 radical (unpaired) electrons. The van der Waals surface area contributed by atoms with Crippen molar-refractivity contribution >= 4 is 38.9 Å². The Labute approximate surface area is 140 Å². The highest BCUT2D eigenvalue weighted by atomic mass is 79.9. The summed E-state index contributed by atoms with van der Waals surface area (Å²) in [4.78, 5) is 0. The first-order valence-corrected chi connectivity index (χ1v) is 8.20. The Morgan fingerprint density at radius 3 is 2.62 bits per heavy atom. The third-order valence-electron chi connectivity index (χ3n) is 3.17. The largest absolute Gasteiger partial charge is 0.360 e. The molecule has 0 spiro atoms. The topological polar surface area (TPSA) is 24.1 Å². The van der Waals surface area contributed by atoms with E-state index in [1.807, 2.05) is 30.3 Å². The SMILES string of the molecule is C[C@H](CCc1ccccc1)NC(=S)Nc1cccc(Br)c1. The van der Waals surface area contributed by atoms with E-state index in [0.717, 1.165) is 23.0 Å². The molecular weight excluding hydrogens is 344 g/mol. The maximum Gasteiger partial charge on any atom is 0.170 e. The minimum atomic E-state index is 0.331. The average molecular weight is 363 g/mol. The number of rotatable bonds is 5. The molecule has 0 aliphatic carbocycles. The van der Waals surface area contributed by atoms with Gasteiger partial charge in [-0.3, -0.25) is 0 Å². The van der Waals surface area contributed by atoms with Gasteiger partial charge < -0.3 is 10.6 Å². The number of hydrogen-bond acceptors (Lipinski definition) is 1. The van der Waals surface area contributed by atoms with Gasteiger partial charge >= 0.3 is 0 Å². The molecule has 0 saturated heterocycles. The highest BCUT2D eigenvalue weighted by Crippen LogP contribution is 2.15. The summed E-state index contributed by atoms with van der Waals surface area (Å²) in [5, 5.41) is 7.19. The quantitative estimate of drug-likeness (QED) is 0.750. The van der Waals surface area contributed by atoms with Gasteiger partial charge in [0, 0.05) is 16.2 Å². The number of halogens is 1. The van der Waals surface area contributed by atoms with E-state index >= 15 is 0 Å². The van der Waals surface area contributed by atoms with Gasteiger partial charge in [-0.1, -0.05) is 52.3 Å². The van der Waals surface area contributed by atoms with E-state index in [9.17, 15) is 0 Å². The van der Waals surface area contributed by atoms with Crippen molar-refractivity contribution in [1.82, 2.24) is 5.32 Å². The maximum absolute atomic E-state index is 5.35. The zero-order chi connectivity index (χ0) is 15.1. The molecule has 21 heavy (non-hydrogen) atoms. The minimum absolute atomic E-state index is 0.331. The summed E-state index contributed by atoms with van der Waals surface area (Å²) in [6.07, 6.45) is 2.10. The van der Waals surface area contributed by atoms with Gasteiger partial charge in [0.15, 0.2) is 5.11 Å². The molecular formula is C17H19BrN2S. The van der Waals surface area contributed by atoms with Crippen LogP contribution in [0.2, 0.25) is 0 Å². The normalized spacial score (nSPS) is 11.7. The van der Waals surface area contributed by atoms with Crippen LogP contribution >= 0.6 is 28.1 Å². The molecule has 2 aromatic rings. The Morgan fingerprint density at radius 1 is 1.14 bits per heavy atom. The molecule has 0 heterocycles. The van der Waals surface area contributed by atoms with Crippen molar-refractivity contribution in [2.24, 2.45) is 0 Å². The number of benzene rings is 2. The second-order valence-corrected chi connectivity index (χ2v) is 6.36. The van der Waals surface area contributed by atoms with Crippen molar-refractivity contribution in [1.29, 1.82) is 0 Å². The van der Waals surface area contributed by atoms with Gasteiger partial charge in [-0.15, -0.1) is 0 Å². The van der Waals surface area contributed by atoms with Gasteiger partial charge in [-0.2, -0.15) is 0 Å². The van der Waals surface area contributed by atoms with Crippen LogP contribution in [0.1, 0.15) is 18.9 Å². The lowest BCUT2D eigenvalue weighted by Crippen LogP contribution is -2.36. The van der Waals surface area contributed by atoms with Gasteiger partial charge in [0.05, 0.1) is 0 Å². The number of thiocarbonyl (C=S) groups is 1. The van der Waals surface area contributed by atoms with Crippen molar-refractivity contribution in [2.75, 3.05) is 5.32 Å². The fourth-order valence-electron chi connectivity index (χ4n) is 2.06. The summed E-state index contributed by atoms with van der Waals surface area (Å²) in [5.74, 6) is 0. The fourth-order valence-corrected chi connectivity index (χ4v) is 2.78. The summed E-state index contributed by atoms with van der Waals surface area (Å²) in [6, 6.07) is 18.8. The van der Waals surface area contributed by atoms with Crippen LogP contribution < -0.4 is 10.6 Å². The van der Waals surface area contributed by atoms with E-state index in [0.29, 0.717) is 11.2 Å². The summed E-state index contributed by atoms with van der Waals surface area (Å²) in [6.45, 7) is 2.15. The Hall–Kier alpha value is -1.39. The predicted molar refractivity (Wildman–Crippen MR) is 97.7 cm³/mol. The van der Waals surface area contributed by atoms with Crippen LogP contribution in [0.25, 0.3) is 0 Å². The minimum Gasteiger partial charge on any atom is -0.360 e. The van der Waals surface area contributed by atoms with Crippen LogP contribution in [0.5, 0.6) is 0 Å². The zero-order valence-corrected chi connectivity index (χ0v) is 14.4. The van der Waals surface area contributed by atoms with Crippen molar-refractivity contribution in [3.63, 3.8) is 0 Å². The zero-order valence-electron chi connectivity index (χ0n) is 12.0. The number of hydrogen-bond donors (Lipinski definition) is 2. The second-order valence-electron chi connectivity index (χ2n) is 5.03. The van der Waals surface area contributed by atoms with Gasteiger partial charge in [0.25, 0.3) is 0 Å². The van der Waals surface area contributed by atoms with Crippen LogP contribution in [-0.2, 0) is 6.42 Å². The number of nitrogens with one attached hydrogen (secondary N) is 2. The lowest BCUT2D eigenvalue weighted by Gasteiger charge is -2.17.